The quantitative estimate of drug-likeness (QED) is 0.858. The molecule has 0 aliphatic heterocycles. The van der Waals surface area contributed by atoms with Gasteiger partial charge in [0.05, 0.1) is 5.69 Å². The average molecular weight is 251 g/mol. The van der Waals surface area contributed by atoms with Crippen molar-refractivity contribution in [3.8, 4) is 0 Å². The third-order valence-corrected chi connectivity index (χ3v) is 4.26. The van der Waals surface area contributed by atoms with Gasteiger partial charge >= 0.3 is 0 Å². The van der Waals surface area contributed by atoms with Crippen LogP contribution in [0.15, 0.2) is 18.2 Å². The van der Waals surface area contributed by atoms with Crippen molar-refractivity contribution in [3.05, 3.63) is 29.8 Å². The van der Waals surface area contributed by atoms with Gasteiger partial charge in [0.15, 0.2) is 0 Å². The molecule has 0 spiro atoms. The van der Waals surface area contributed by atoms with Gasteiger partial charge in [-0.15, -0.1) is 0 Å². The molecule has 0 aromatic heterocycles. The van der Waals surface area contributed by atoms with Gasteiger partial charge < -0.3 is 5.32 Å². The number of benzene rings is 1. The third-order valence-electron chi connectivity index (χ3n) is 4.26. The number of amides is 1. The SMILES string of the molecule is O=C(Nc1cc(F)ccc1F)C1CC2CCC1C2. The topological polar surface area (TPSA) is 29.1 Å². The van der Waals surface area contributed by atoms with E-state index in [9.17, 15) is 13.6 Å². The number of fused-ring (bicyclic) bond motifs is 2. The maximum Gasteiger partial charge on any atom is 0.227 e. The summed E-state index contributed by atoms with van der Waals surface area (Å²) in [6, 6.07) is 3.11. The van der Waals surface area contributed by atoms with Crippen molar-refractivity contribution in [3.63, 3.8) is 0 Å². The van der Waals surface area contributed by atoms with Crippen LogP contribution in [0.5, 0.6) is 0 Å². The second-order valence-electron chi connectivity index (χ2n) is 5.39. The summed E-state index contributed by atoms with van der Waals surface area (Å²) in [5.41, 5.74) is -0.0530. The van der Waals surface area contributed by atoms with E-state index in [4.69, 9.17) is 0 Å². The Balaban J connectivity index is 1.72. The van der Waals surface area contributed by atoms with Crippen molar-refractivity contribution < 1.29 is 13.6 Å². The van der Waals surface area contributed by atoms with Crippen LogP contribution in [0.1, 0.15) is 25.7 Å². The molecule has 2 bridgehead atoms. The monoisotopic (exact) mass is 251 g/mol. The molecule has 2 saturated carbocycles. The van der Waals surface area contributed by atoms with Crippen molar-refractivity contribution in [1.29, 1.82) is 0 Å². The highest BCUT2D eigenvalue weighted by atomic mass is 19.1. The van der Waals surface area contributed by atoms with Crippen LogP contribution in [0.25, 0.3) is 0 Å². The highest BCUT2D eigenvalue weighted by molar-refractivity contribution is 5.93. The molecule has 3 rings (SSSR count). The second-order valence-corrected chi connectivity index (χ2v) is 5.39. The van der Waals surface area contributed by atoms with Crippen LogP contribution in [-0.2, 0) is 4.79 Å². The van der Waals surface area contributed by atoms with Crippen LogP contribution in [-0.4, -0.2) is 5.91 Å². The van der Waals surface area contributed by atoms with Gasteiger partial charge in [-0.2, -0.15) is 0 Å². The van der Waals surface area contributed by atoms with Crippen molar-refractivity contribution in [2.75, 3.05) is 5.32 Å². The first kappa shape index (κ1) is 11.6. The van der Waals surface area contributed by atoms with Gasteiger partial charge in [-0.25, -0.2) is 8.78 Å². The standard InChI is InChI=1S/C14H15F2NO/c15-10-3-4-12(16)13(7-10)17-14(18)11-6-8-1-2-9(11)5-8/h3-4,7-9,11H,1-2,5-6H2,(H,17,18). The van der Waals surface area contributed by atoms with E-state index in [1.165, 1.54) is 6.42 Å². The molecular formula is C14H15F2NO. The average Bonchev–Trinajstić information content (AvgIpc) is 2.96. The van der Waals surface area contributed by atoms with Gasteiger partial charge in [0.1, 0.15) is 11.6 Å². The normalized spacial score (nSPS) is 29.6. The molecule has 1 aromatic rings. The summed E-state index contributed by atoms with van der Waals surface area (Å²) in [6.07, 6.45) is 4.31. The van der Waals surface area contributed by atoms with Crippen molar-refractivity contribution in [1.82, 2.24) is 0 Å². The largest absolute Gasteiger partial charge is 0.323 e. The Morgan fingerprint density at radius 3 is 2.72 bits per heavy atom. The molecule has 4 heteroatoms. The lowest BCUT2D eigenvalue weighted by atomic mass is 9.88. The van der Waals surface area contributed by atoms with Crippen molar-refractivity contribution in [2.24, 2.45) is 17.8 Å². The Kier molecular flexibility index (Phi) is 2.80. The molecule has 1 N–H and O–H groups in total. The van der Waals surface area contributed by atoms with Gasteiger partial charge in [-0.3, -0.25) is 4.79 Å². The van der Waals surface area contributed by atoms with E-state index in [-0.39, 0.29) is 17.5 Å². The number of carbonyl (C=O) groups is 1. The fourth-order valence-corrected chi connectivity index (χ4v) is 3.38. The number of halogens is 2. The molecule has 1 amide bonds. The van der Waals surface area contributed by atoms with E-state index in [1.54, 1.807) is 0 Å². The number of nitrogens with one attached hydrogen (secondary N) is 1. The highest BCUT2D eigenvalue weighted by Crippen LogP contribution is 2.48. The molecule has 2 nitrogen and oxygen atoms in total. The molecule has 2 aliphatic rings. The number of hydrogen-bond donors (Lipinski definition) is 1. The number of rotatable bonds is 2. The minimum absolute atomic E-state index is 0.0218. The molecular weight excluding hydrogens is 236 g/mol. The van der Waals surface area contributed by atoms with Crippen molar-refractivity contribution >= 4 is 11.6 Å². The lowest BCUT2D eigenvalue weighted by Crippen LogP contribution is -2.27. The van der Waals surface area contributed by atoms with Crippen LogP contribution in [0.2, 0.25) is 0 Å². The summed E-state index contributed by atoms with van der Waals surface area (Å²) in [5, 5.41) is 2.52. The third kappa shape index (κ3) is 2.00. The van der Waals surface area contributed by atoms with Gasteiger partial charge in [-0.05, 0) is 43.2 Å². The molecule has 18 heavy (non-hydrogen) atoms. The second kappa shape index (κ2) is 4.34. The van der Waals surface area contributed by atoms with E-state index in [0.717, 1.165) is 37.5 Å². The summed E-state index contributed by atoms with van der Waals surface area (Å²) in [4.78, 5) is 12.1. The minimum Gasteiger partial charge on any atom is -0.323 e. The van der Waals surface area contributed by atoms with Crippen LogP contribution in [0, 0.1) is 29.4 Å². The Labute approximate surface area is 104 Å². The first-order valence-electron chi connectivity index (χ1n) is 6.39. The fraction of sp³-hybridized carbons (Fsp3) is 0.500. The molecule has 3 unspecified atom stereocenters. The van der Waals surface area contributed by atoms with Crippen LogP contribution in [0.4, 0.5) is 14.5 Å². The highest BCUT2D eigenvalue weighted by Gasteiger charge is 2.43. The van der Waals surface area contributed by atoms with Crippen molar-refractivity contribution in [2.45, 2.75) is 25.7 Å². The summed E-state index contributed by atoms with van der Waals surface area (Å²) < 4.78 is 26.4. The predicted molar refractivity (Wildman–Crippen MR) is 63.9 cm³/mol. The van der Waals surface area contributed by atoms with Crippen LogP contribution >= 0.6 is 0 Å². The Hall–Kier alpha value is -1.45. The molecule has 2 fully saturated rings. The lowest BCUT2D eigenvalue weighted by Gasteiger charge is -2.20. The summed E-state index contributed by atoms with van der Waals surface area (Å²) in [6.45, 7) is 0. The molecule has 2 aliphatic carbocycles. The van der Waals surface area contributed by atoms with Gasteiger partial charge in [0, 0.05) is 12.0 Å². The molecule has 0 radical (unpaired) electrons. The minimum atomic E-state index is -0.590. The molecule has 0 saturated heterocycles. The number of hydrogen-bond acceptors (Lipinski definition) is 1. The maximum atomic E-state index is 13.4. The lowest BCUT2D eigenvalue weighted by molar-refractivity contribution is -0.121. The number of carbonyl (C=O) groups excluding carboxylic acids is 1. The van der Waals surface area contributed by atoms with E-state index in [2.05, 4.69) is 5.32 Å². The van der Waals surface area contributed by atoms with E-state index >= 15 is 0 Å². The first-order valence-corrected chi connectivity index (χ1v) is 6.39. The zero-order chi connectivity index (χ0) is 12.7. The van der Waals surface area contributed by atoms with Crippen LogP contribution in [0.3, 0.4) is 0 Å². The Bertz CT molecular complexity index is 489. The summed E-state index contributed by atoms with van der Waals surface area (Å²) in [7, 11) is 0. The first-order chi connectivity index (χ1) is 8.63. The van der Waals surface area contributed by atoms with Gasteiger partial charge in [0.2, 0.25) is 5.91 Å². The predicted octanol–water partition coefficient (Wildman–Crippen LogP) is 3.34. The van der Waals surface area contributed by atoms with E-state index in [0.29, 0.717) is 11.8 Å². The molecule has 96 valence electrons. The van der Waals surface area contributed by atoms with Crippen LogP contribution < -0.4 is 5.32 Å². The van der Waals surface area contributed by atoms with E-state index < -0.39 is 11.6 Å². The smallest absolute Gasteiger partial charge is 0.227 e. The zero-order valence-corrected chi connectivity index (χ0v) is 9.96. The summed E-state index contributed by atoms with van der Waals surface area (Å²) in [5.74, 6) is -0.222. The van der Waals surface area contributed by atoms with Gasteiger partial charge in [-0.1, -0.05) is 6.42 Å². The summed E-state index contributed by atoms with van der Waals surface area (Å²) >= 11 is 0. The maximum absolute atomic E-state index is 13.4. The molecule has 3 atom stereocenters. The molecule has 1 aromatic carbocycles. The Morgan fingerprint density at radius 1 is 1.22 bits per heavy atom. The molecule has 0 heterocycles. The van der Waals surface area contributed by atoms with E-state index in [1.807, 2.05) is 0 Å². The van der Waals surface area contributed by atoms with Gasteiger partial charge in [0.25, 0.3) is 0 Å². The Morgan fingerprint density at radius 2 is 2.06 bits per heavy atom. The zero-order valence-electron chi connectivity index (χ0n) is 9.96. The fourth-order valence-electron chi connectivity index (χ4n) is 3.38. The number of anilines is 1.